The molecule has 0 aromatic carbocycles. The van der Waals surface area contributed by atoms with Gasteiger partial charge in [-0.05, 0) is 31.4 Å². The second kappa shape index (κ2) is 16.9. The van der Waals surface area contributed by atoms with Gasteiger partial charge in [-0.25, -0.2) is 0 Å². The third-order valence-electron chi connectivity index (χ3n) is 3.25. The van der Waals surface area contributed by atoms with Gasteiger partial charge >= 0.3 is 0 Å². The molecule has 0 spiro atoms. The van der Waals surface area contributed by atoms with E-state index >= 15 is 0 Å². The van der Waals surface area contributed by atoms with Crippen molar-refractivity contribution in [2.75, 3.05) is 13.2 Å². The molecule has 0 radical (unpaired) electrons. The topological polar surface area (TPSA) is 62.2 Å². The van der Waals surface area contributed by atoms with Gasteiger partial charge in [0.15, 0.2) is 0 Å². The molecule has 2 N–H and O–H groups in total. The molecule has 146 valence electrons. The Labute approximate surface area is 168 Å². The van der Waals surface area contributed by atoms with E-state index in [0.29, 0.717) is 18.1 Å². The van der Waals surface area contributed by atoms with Crippen molar-refractivity contribution in [3.05, 3.63) is 84.1 Å². The Morgan fingerprint density at radius 2 is 2.15 bits per heavy atom. The van der Waals surface area contributed by atoms with Crippen LogP contribution in [0.15, 0.2) is 84.1 Å². The SMILES string of the molecule is C=CC/C=C/C=C(\S)C(=O)NCCC1=C(OCC)CC=CC=C1.C=CC=N. The van der Waals surface area contributed by atoms with Crippen molar-refractivity contribution in [3.8, 4) is 0 Å². The largest absolute Gasteiger partial charge is 0.498 e. The molecule has 0 bridgehead atoms. The van der Waals surface area contributed by atoms with Crippen LogP contribution in [-0.4, -0.2) is 25.3 Å². The Morgan fingerprint density at radius 1 is 1.41 bits per heavy atom. The molecule has 0 saturated carbocycles. The molecule has 5 heteroatoms. The predicted octanol–water partition coefficient (Wildman–Crippen LogP) is 5.07. The number of carbonyl (C=O) groups excluding carboxylic acids is 1. The molecule has 0 unspecified atom stereocenters. The molecular formula is C22H30N2O2S. The zero-order valence-corrected chi connectivity index (χ0v) is 16.9. The molecule has 0 heterocycles. The van der Waals surface area contributed by atoms with Gasteiger partial charge in [0.1, 0.15) is 5.76 Å². The van der Waals surface area contributed by atoms with E-state index < -0.39 is 0 Å². The van der Waals surface area contributed by atoms with Gasteiger partial charge in [-0.15, -0.1) is 19.2 Å². The number of rotatable bonds is 10. The molecule has 0 fully saturated rings. The van der Waals surface area contributed by atoms with Crippen LogP contribution < -0.4 is 5.32 Å². The molecule has 4 nitrogen and oxygen atoms in total. The highest BCUT2D eigenvalue weighted by molar-refractivity contribution is 7.85. The summed E-state index contributed by atoms with van der Waals surface area (Å²) in [6.07, 6.45) is 20.2. The number of allylic oxidation sites excluding steroid dienone is 9. The lowest BCUT2D eigenvalue weighted by atomic mass is 10.1. The minimum absolute atomic E-state index is 0.175. The first-order valence-electron chi connectivity index (χ1n) is 8.85. The zero-order chi connectivity index (χ0) is 20.3. The van der Waals surface area contributed by atoms with Crippen molar-refractivity contribution in [3.63, 3.8) is 0 Å². The predicted molar refractivity (Wildman–Crippen MR) is 119 cm³/mol. The van der Waals surface area contributed by atoms with Gasteiger partial charge in [-0.2, -0.15) is 0 Å². The Morgan fingerprint density at radius 3 is 2.78 bits per heavy atom. The number of amides is 1. The molecule has 0 aromatic heterocycles. The maximum Gasteiger partial charge on any atom is 0.257 e. The first kappa shape index (κ1) is 24.5. The minimum atomic E-state index is -0.175. The second-order valence-electron chi connectivity index (χ2n) is 5.29. The first-order valence-corrected chi connectivity index (χ1v) is 9.29. The normalized spacial score (nSPS) is 13.5. The number of hydrogen-bond acceptors (Lipinski definition) is 4. The van der Waals surface area contributed by atoms with Gasteiger partial charge in [-0.1, -0.05) is 55.2 Å². The monoisotopic (exact) mass is 386 g/mol. The standard InChI is InChI=1S/C19H25NO2S.C3H5N/c1-3-5-6-10-13-18(23)19(21)20-15-14-16-11-8-7-9-12-17(16)22-4-2;1-2-3-4/h3,6-11,13,23H,1,4-5,12,14-15H2,2H3,(H,20,21);2-4H,1H2/b10-6+,18-13-;. The molecule has 1 amide bonds. The van der Waals surface area contributed by atoms with Crippen LogP contribution in [0.5, 0.6) is 0 Å². The highest BCUT2D eigenvalue weighted by atomic mass is 32.1. The quantitative estimate of drug-likeness (QED) is 0.161. The maximum absolute atomic E-state index is 11.9. The van der Waals surface area contributed by atoms with Crippen LogP contribution in [0, 0.1) is 5.41 Å². The molecule has 0 aromatic rings. The first-order chi connectivity index (χ1) is 13.1. The van der Waals surface area contributed by atoms with Crippen LogP contribution in [0.3, 0.4) is 0 Å². The fourth-order valence-electron chi connectivity index (χ4n) is 2.01. The fraction of sp³-hybridized carbons (Fsp3) is 0.273. The van der Waals surface area contributed by atoms with E-state index in [4.69, 9.17) is 10.1 Å². The summed E-state index contributed by atoms with van der Waals surface area (Å²) in [6, 6.07) is 0. The van der Waals surface area contributed by atoms with E-state index in [1.807, 2.05) is 31.2 Å². The molecular weight excluding hydrogens is 356 g/mol. The van der Waals surface area contributed by atoms with E-state index in [1.54, 1.807) is 18.2 Å². The molecule has 1 rings (SSSR count). The summed E-state index contributed by atoms with van der Waals surface area (Å²) in [5.41, 5.74) is 1.12. The van der Waals surface area contributed by atoms with E-state index in [9.17, 15) is 4.79 Å². The van der Waals surface area contributed by atoms with Crippen molar-refractivity contribution < 1.29 is 9.53 Å². The summed E-state index contributed by atoms with van der Waals surface area (Å²) in [7, 11) is 0. The highest BCUT2D eigenvalue weighted by Crippen LogP contribution is 2.18. The van der Waals surface area contributed by atoms with Gasteiger partial charge in [0.05, 0.1) is 11.5 Å². The average molecular weight is 387 g/mol. The minimum Gasteiger partial charge on any atom is -0.498 e. The summed E-state index contributed by atoms with van der Waals surface area (Å²) in [4.78, 5) is 12.3. The van der Waals surface area contributed by atoms with Crippen LogP contribution in [0.2, 0.25) is 0 Å². The van der Waals surface area contributed by atoms with Gasteiger partial charge in [-0.3, -0.25) is 4.79 Å². The van der Waals surface area contributed by atoms with Crippen LogP contribution in [0.1, 0.15) is 26.2 Å². The lowest BCUT2D eigenvalue weighted by Crippen LogP contribution is -2.24. The maximum atomic E-state index is 11.9. The molecule has 0 atom stereocenters. The lowest BCUT2D eigenvalue weighted by molar-refractivity contribution is -0.116. The van der Waals surface area contributed by atoms with Crippen molar-refractivity contribution in [2.45, 2.75) is 26.2 Å². The third-order valence-corrected chi connectivity index (χ3v) is 3.60. The Kier molecular flexibility index (Phi) is 15.3. The number of thiol groups is 1. The van der Waals surface area contributed by atoms with Crippen molar-refractivity contribution in [1.29, 1.82) is 5.41 Å². The Hall–Kier alpha value is -2.53. The van der Waals surface area contributed by atoms with E-state index in [1.165, 1.54) is 6.08 Å². The molecule has 27 heavy (non-hydrogen) atoms. The van der Waals surface area contributed by atoms with Crippen LogP contribution >= 0.6 is 12.6 Å². The van der Waals surface area contributed by atoms with Crippen molar-refractivity contribution >= 4 is 24.8 Å². The Balaban J connectivity index is 0.00000153. The van der Waals surface area contributed by atoms with Gasteiger partial charge in [0, 0.05) is 19.2 Å². The lowest BCUT2D eigenvalue weighted by Gasteiger charge is -2.12. The summed E-state index contributed by atoms with van der Waals surface area (Å²) in [5.74, 6) is 0.798. The molecule has 1 aliphatic carbocycles. The van der Waals surface area contributed by atoms with Crippen molar-refractivity contribution in [1.82, 2.24) is 5.32 Å². The molecule has 0 aliphatic heterocycles. The molecule has 0 saturated heterocycles. The van der Waals surface area contributed by atoms with E-state index in [2.05, 4.69) is 37.2 Å². The number of ether oxygens (including phenoxy) is 1. The summed E-state index contributed by atoms with van der Waals surface area (Å²) in [6.45, 7) is 10.0. The van der Waals surface area contributed by atoms with Crippen LogP contribution in [0.4, 0.5) is 0 Å². The van der Waals surface area contributed by atoms with Gasteiger partial charge in [0.25, 0.3) is 5.91 Å². The van der Waals surface area contributed by atoms with Crippen LogP contribution in [-0.2, 0) is 9.53 Å². The van der Waals surface area contributed by atoms with Crippen molar-refractivity contribution in [2.24, 2.45) is 0 Å². The highest BCUT2D eigenvalue weighted by Gasteiger charge is 2.08. The second-order valence-corrected chi connectivity index (χ2v) is 5.77. The number of carbonyl (C=O) groups is 1. The number of nitrogens with one attached hydrogen (secondary N) is 2. The molecule has 1 aliphatic rings. The van der Waals surface area contributed by atoms with Gasteiger partial charge < -0.3 is 15.5 Å². The summed E-state index contributed by atoms with van der Waals surface area (Å²) >= 11 is 4.21. The van der Waals surface area contributed by atoms with Crippen LogP contribution in [0.25, 0.3) is 0 Å². The Bertz CT molecular complexity index is 635. The summed E-state index contributed by atoms with van der Waals surface area (Å²) < 4.78 is 5.68. The van der Waals surface area contributed by atoms with E-state index in [-0.39, 0.29) is 5.91 Å². The number of hydrogen-bond donors (Lipinski definition) is 3. The average Bonchev–Trinajstić information content (AvgIpc) is 2.90. The summed E-state index contributed by atoms with van der Waals surface area (Å²) in [5, 5.41) is 9.08. The van der Waals surface area contributed by atoms with E-state index in [0.717, 1.165) is 36.8 Å². The van der Waals surface area contributed by atoms with Gasteiger partial charge in [0.2, 0.25) is 0 Å². The fourth-order valence-corrected chi connectivity index (χ4v) is 2.17. The third kappa shape index (κ3) is 12.5. The smallest absolute Gasteiger partial charge is 0.257 e. The zero-order valence-electron chi connectivity index (χ0n) is 16.0.